The number of carbonyl (C=O) groups excluding carboxylic acids is 1. The van der Waals surface area contributed by atoms with Gasteiger partial charge in [0.1, 0.15) is 11.5 Å². The number of anilines is 3. The molecular weight excluding hydrogens is 455 g/mol. The number of aromatic nitrogens is 5. The summed E-state index contributed by atoms with van der Waals surface area (Å²) in [5, 5.41) is 4.13. The quantitative estimate of drug-likeness (QED) is 0.495. The zero-order valence-corrected chi connectivity index (χ0v) is 18.2. The molecule has 0 unspecified atom stereocenters. The number of halogens is 3. The number of nitrogen functional groups attached to an aromatic ring is 1. The lowest BCUT2D eigenvalue weighted by Crippen LogP contribution is -2.44. The fourth-order valence-corrected chi connectivity index (χ4v) is 3.63. The summed E-state index contributed by atoms with van der Waals surface area (Å²) >= 11 is 0. The summed E-state index contributed by atoms with van der Waals surface area (Å²) in [5.41, 5.74) is 4.41. The maximum atomic E-state index is 13.2. The van der Waals surface area contributed by atoms with Crippen LogP contribution in [0.5, 0.6) is 0 Å². The van der Waals surface area contributed by atoms with Crippen molar-refractivity contribution in [2.24, 2.45) is 5.92 Å². The highest BCUT2D eigenvalue weighted by molar-refractivity contribution is 5.89. The maximum Gasteiger partial charge on any atom is 0.433 e. The molecule has 0 spiro atoms. The van der Waals surface area contributed by atoms with Gasteiger partial charge in [0.15, 0.2) is 5.69 Å². The monoisotopic (exact) mass is 477 g/mol. The Bertz CT molecular complexity index is 1320. The Kier molecular flexibility index (Phi) is 6.02. The zero-order chi connectivity index (χ0) is 24.6. The van der Waals surface area contributed by atoms with E-state index in [4.69, 9.17) is 5.73 Å². The van der Waals surface area contributed by atoms with E-state index in [1.54, 1.807) is 6.92 Å². The van der Waals surface area contributed by atoms with Gasteiger partial charge in [0, 0.05) is 25.5 Å². The number of amides is 1. The van der Waals surface area contributed by atoms with E-state index in [0.29, 0.717) is 12.0 Å². The van der Waals surface area contributed by atoms with Crippen molar-refractivity contribution in [2.45, 2.75) is 45.6 Å². The highest BCUT2D eigenvalue weighted by Crippen LogP contribution is 2.31. The molecule has 0 saturated heterocycles. The maximum absolute atomic E-state index is 13.2. The predicted octanol–water partition coefficient (Wildman–Crippen LogP) is 1.98. The molecule has 3 aromatic heterocycles. The van der Waals surface area contributed by atoms with Crippen molar-refractivity contribution in [1.82, 2.24) is 23.9 Å². The van der Waals surface area contributed by atoms with Gasteiger partial charge in [-0.15, -0.1) is 0 Å². The van der Waals surface area contributed by atoms with Gasteiger partial charge in [0.05, 0.1) is 18.4 Å². The fraction of sp³-hybridized carbons (Fsp3) is 0.381. The van der Waals surface area contributed by atoms with Crippen LogP contribution in [-0.2, 0) is 30.6 Å². The van der Waals surface area contributed by atoms with Gasteiger partial charge in [0.25, 0.3) is 5.56 Å². The van der Waals surface area contributed by atoms with E-state index in [9.17, 15) is 27.6 Å². The molecule has 2 N–H and O–H groups in total. The minimum Gasteiger partial charge on any atom is -0.383 e. The Balaban J connectivity index is 1.67. The van der Waals surface area contributed by atoms with Crippen LogP contribution >= 0.6 is 0 Å². The lowest BCUT2D eigenvalue weighted by Gasteiger charge is -2.21. The molecule has 0 radical (unpaired) electrons. The van der Waals surface area contributed by atoms with Gasteiger partial charge >= 0.3 is 11.9 Å². The van der Waals surface area contributed by atoms with Crippen molar-refractivity contribution in [3.63, 3.8) is 0 Å². The van der Waals surface area contributed by atoms with Gasteiger partial charge in [-0.3, -0.25) is 33.3 Å². The Labute approximate surface area is 191 Å². The molecule has 0 atom stereocenters. The first kappa shape index (κ1) is 23.3. The SMILES string of the molecule is CCn1c(N)c(N(C=O)c2cnn(Cc3ccc(C(F)(F)F)nc3)c2)c(=O)n(CC2CC2)c1=O. The standard InChI is InChI=1S/C21H22F3N7O3/c1-2-29-18(25)17(19(33)30(20(29)34)10-13-3-4-13)31(12-32)15-8-27-28(11-15)9-14-5-6-16(26-7-14)21(22,23)24/h5-8,11-13H,2-4,9-10,25H2,1H3. The van der Waals surface area contributed by atoms with Crippen LogP contribution in [-0.4, -0.2) is 30.3 Å². The Morgan fingerprint density at radius 1 is 1.21 bits per heavy atom. The third-order valence-electron chi connectivity index (χ3n) is 5.60. The van der Waals surface area contributed by atoms with Gasteiger partial charge in [-0.1, -0.05) is 6.07 Å². The second kappa shape index (κ2) is 8.80. The normalized spacial score (nSPS) is 13.8. The van der Waals surface area contributed by atoms with Crippen LogP contribution in [0.25, 0.3) is 0 Å². The second-order valence-electron chi connectivity index (χ2n) is 8.04. The van der Waals surface area contributed by atoms with E-state index in [1.807, 2.05) is 0 Å². The number of nitrogens with two attached hydrogens (primary N) is 1. The van der Waals surface area contributed by atoms with Gasteiger partial charge < -0.3 is 5.73 Å². The molecule has 0 bridgehead atoms. The minimum absolute atomic E-state index is 0.0771. The van der Waals surface area contributed by atoms with Crippen molar-refractivity contribution < 1.29 is 18.0 Å². The Morgan fingerprint density at radius 2 is 1.94 bits per heavy atom. The zero-order valence-electron chi connectivity index (χ0n) is 18.2. The lowest BCUT2D eigenvalue weighted by molar-refractivity contribution is -0.141. The minimum atomic E-state index is -4.54. The fourth-order valence-electron chi connectivity index (χ4n) is 3.63. The molecule has 4 rings (SSSR count). The van der Waals surface area contributed by atoms with Crippen molar-refractivity contribution in [3.8, 4) is 0 Å². The molecule has 1 aliphatic rings. The van der Waals surface area contributed by atoms with Crippen LogP contribution in [0.4, 0.5) is 30.4 Å². The summed E-state index contributed by atoms with van der Waals surface area (Å²) in [6.07, 6.45) is 1.55. The van der Waals surface area contributed by atoms with Crippen LogP contribution < -0.4 is 21.9 Å². The molecule has 13 heteroatoms. The smallest absolute Gasteiger partial charge is 0.383 e. The van der Waals surface area contributed by atoms with Crippen LogP contribution in [0.2, 0.25) is 0 Å². The molecule has 1 amide bonds. The molecule has 1 saturated carbocycles. The Hall–Kier alpha value is -3.90. The van der Waals surface area contributed by atoms with E-state index in [-0.39, 0.29) is 42.7 Å². The van der Waals surface area contributed by atoms with Crippen molar-refractivity contribution in [2.75, 3.05) is 10.6 Å². The van der Waals surface area contributed by atoms with Crippen LogP contribution in [0.3, 0.4) is 0 Å². The summed E-state index contributed by atoms with van der Waals surface area (Å²) in [4.78, 5) is 42.4. The van der Waals surface area contributed by atoms with Gasteiger partial charge in [-0.25, -0.2) is 4.79 Å². The summed E-state index contributed by atoms with van der Waals surface area (Å²) in [7, 11) is 0. The van der Waals surface area contributed by atoms with Crippen LogP contribution in [0.15, 0.2) is 40.3 Å². The van der Waals surface area contributed by atoms with E-state index in [2.05, 4.69) is 10.1 Å². The number of hydrogen-bond acceptors (Lipinski definition) is 6. The van der Waals surface area contributed by atoms with Crippen LogP contribution in [0, 0.1) is 5.92 Å². The van der Waals surface area contributed by atoms with Crippen LogP contribution in [0.1, 0.15) is 31.0 Å². The molecule has 3 heterocycles. The lowest BCUT2D eigenvalue weighted by atomic mass is 10.2. The third kappa shape index (κ3) is 4.45. The second-order valence-corrected chi connectivity index (χ2v) is 8.04. The molecule has 34 heavy (non-hydrogen) atoms. The molecular formula is C21H22F3N7O3. The predicted molar refractivity (Wildman–Crippen MR) is 117 cm³/mol. The number of nitrogens with zero attached hydrogens (tertiary/aromatic N) is 6. The number of rotatable bonds is 8. The summed E-state index contributed by atoms with van der Waals surface area (Å²) in [6.45, 7) is 2.23. The van der Waals surface area contributed by atoms with Crippen molar-refractivity contribution in [3.05, 3.63) is 62.8 Å². The van der Waals surface area contributed by atoms with E-state index in [1.165, 1.54) is 27.7 Å². The molecule has 1 aliphatic carbocycles. The molecule has 1 fully saturated rings. The number of pyridine rings is 1. The third-order valence-corrected chi connectivity index (χ3v) is 5.60. The average molecular weight is 477 g/mol. The first-order valence-corrected chi connectivity index (χ1v) is 10.6. The molecule has 0 aliphatic heterocycles. The first-order valence-electron chi connectivity index (χ1n) is 10.6. The highest BCUT2D eigenvalue weighted by atomic mass is 19.4. The van der Waals surface area contributed by atoms with Crippen molar-refractivity contribution in [1.29, 1.82) is 0 Å². The van der Waals surface area contributed by atoms with Crippen molar-refractivity contribution >= 4 is 23.6 Å². The first-order chi connectivity index (χ1) is 16.1. The highest BCUT2D eigenvalue weighted by Gasteiger charge is 2.32. The molecule has 10 nitrogen and oxygen atoms in total. The molecule has 3 aromatic rings. The number of hydrogen-bond donors (Lipinski definition) is 1. The molecule has 180 valence electrons. The van der Waals surface area contributed by atoms with E-state index in [0.717, 1.165) is 34.6 Å². The Morgan fingerprint density at radius 3 is 2.50 bits per heavy atom. The average Bonchev–Trinajstić information content (AvgIpc) is 3.50. The van der Waals surface area contributed by atoms with E-state index < -0.39 is 23.1 Å². The largest absolute Gasteiger partial charge is 0.433 e. The summed E-state index contributed by atoms with van der Waals surface area (Å²) < 4.78 is 41.8. The number of carbonyl (C=O) groups is 1. The molecule has 0 aromatic carbocycles. The van der Waals surface area contributed by atoms with Gasteiger partial charge in [0.2, 0.25) is 6.41 Å². The van der Waals surface area contributed by atoms with E-state index >= 15 is 0 Å². The summed E-state index contributed by atoms with van der Waals surface area (Å²) in [5.74, 6) is 0.0910. The summed E-state index contributed by atoms with van der Waals surface area (Å²) in [6, 6.07) is 2.15. The van der Waals surface area contributed by atoms with Gasteiger partial charge in [-0.2, -0.15) is 18.3 Å². The number of alkyl halides is 3. The topological polar surface area (TPSA) is 121 Å². The van der Waals surface area contributed by atoms with Gasteiger partial charge in [-0.05, 0) is 37.3 Å².